The molecule has 1 saturated heterocycles. The van der Waals surface area contributed by atoms with Gasteiger partial charge in [0.2, 0.25) is 5.91 Å². The van der Waals surface area contributed by atoms with Crippen molar-refractivity contribution >= 4 is 27.1 Å². The van der Waals surface area contributed by atoms with E-state index in [1.807, 2.05) is 0 Å². The molecule has 33 heavy (non-hydrogen) atoms. The Morgan fingerprint density at radius 2 is 1.76 bits per heavy atom. The minimum Gasteiger partial charge on any atom is -0.378 e. The lowest BCUT2D eigenvalue weighted by molar-refractivity contribution is -0.136. The monoisotopic (exact) mass is 482 g/mol. The Kier molecular flexibility index (Phi) is 6.67. The van der Waals surface area contributed by atoms with Crippen LogP contribution in [-0.4, -0.2) is 46.4 Å². The largest absolute Gasteiger partial charge is 0.418 e. The predicted octanol–water partition coefficient (Wildman–Crippen LogP) is 3.83. The Hall–Kier alpha value is -2.59. The molecule has 178 valence electrons. The number of ether oxygens (including phenoxy) is 1. The van der Waals surface area contributed by atoms with Crippen LogP contribution < -0.4 is 10.2 Å². The first-order valence-corrected chi connectivity index (χ1v) is 12.5. The number of anilines is 2. The van der Waals surface area contributed by atoms with E-state index in [9.17, 15) is 26.4 Å². The molecule has 2 aromatic carbocycles. The Morgan fingerprint density at radius 1 is 1.03 bits per heavy atom. The molecule has 1 heterocycles. The van der Waals surface area contributed by atoms with E-state index in [1.165, 1.54) is 18.2 Å². The summed E-state index contributed by atoms with van der Waals surface area (Å²) in [6.45, 7) is 1.81. The molecule has 1 N–H and O–H groups in total. The van der Waals surface area contributed by atoms with Crippen LogP contribution in [0.2, 0.25) is 0 Å². The van der Waals surface area contributed by atoms with E-state index < -0.39 is 39.7 Å². The lowest BCUT2D eigenvalue weighted by Crippen LogP contribution is -2.36. The minimum absolute atomic E-state index is 0.141. The van der Waals surface area contributed by atoms with Gasteiger partial charge in [-0.05, 0) is 60.7 Å². The standard InChI is InChI=1S/C23H25F3N2O4S/c24-23(25,26)20-15-18(28-9-11-32-12-10-28)5-7-21(20)27-22(29)8-13-33(30,31)19-6-4-16-2-1-3-17(16)14-19/h4-7,14-15H,1-3,8-13H2,(H,27,29). The van der Waals surface area contributed by atoms with Crippen molar-refractivity contribution in [3.63, 3.8) is 0 Å². The number of hydrogen-bond acceptors (Lipinski definition) is 5. The van der Waals surface area contributed by atoms with E-state index in [-0.39, 0.29) is 10.6 Å². The molecular formula is C23H25F3N2O4S. The number of morpholine rings is 1. The maximum atomic E-state index is 13.7. The Morgan fingerprint density at radius 3 is 2.48 bits per heavy atom. The Bertz CT molecular complexity index is 1140. The van der Waals surface area contributed by atoms with Gasteiger partial charge in [-0.25, -0.2) is 8.42 Å². The lowest BCUT2D eigenvalue weighted by atomic mass is 10.1. The number of fused-ring (bicyclic) bond motifs is 1. The van der Waals surface area contributed by atoms with Gasteiger partial charge in [-0.1, -0.05) is 6.07 Å². The first-order chi connectivity index (χ1) is 15.6. The van der Waals surface area contributed by atoms with Gasteiger partial charge in [-0.3, -0.25) is 4.79 Å². The number of amides is 1. The summed E-state index contributed by atoms with van der Waals surface area (Å²) >= 11 is 0. The number of halogens is 3. The first-order valence-electron chi connectivity index (χ1n) is 10.8. The topological polar surface area (TPSA) is 75.7 Å². The predicted molar refractivity (Wildman–Crippen MR) is 118 cm³/mol. The summed E-state index contributed by atoms with van der Waals surface area (Å²) in [5, 5.41) is 2.25. The summed E-state index contributed by atoms with van der Waals surface area (Å²) in [6, 6.07) is 8.69. The van der Waals surface area contributed by atoms with Gasteiger partial charge in [0.15, 0.2) is 9.84 Å². The highest BCUT2D eigenvalue weighted by molar-refractivity contribution is 7.91. The number of nitrogens with zero attached hydrogens (tertiary/aromatic N) is 1. The second kappa shape index (κ2) is 9.34. The molecule has 0 bridgehead atoms. The molecule has 4 rings (SSSR count). The van der Waals surface area contributed by atoms with Crippen LogP contribution in [0.5, 0.6) is 0 Å². The van der Waals surface area contributed by atoms with Crippen molar-refractivity contribution in [3.05, 3.63) is 53.1 Å². The summed E-state index contributed by atoms with van der Waals surface area (Å²) in [6.07, 6.45) is -2.40. The molecule has 1 amide bonds. The normalized spacial score (nSPS) is 16.5. The van der Waals surface area contributed by atoms with Gasteiger partial charge in [-0.15, -0.1) is 0 Å². The van der Waals surface area contributed by atoms with Crippen molar-refractivity contribution in [1.82, 2.24) is 0 Å². The average Bonchev–Trinajstić information content (AvgIpc) is 3.26. The van der Waals surface area contributed by atoms with Crippen LogP contribution in [0.15, 0.2) is 41.3 Å². The van der Waals surface area contributed by atoms with Gasteiger partial charge >= 0.3 is 6.18 Å². The number of sulfone groups is 1. The molecule has 0 unspecified atom stereocenters. The van der Waals surface area contributed by atoms with Gasteiger partial charge in [-0.2, -0.15) is 13.2 Å². The smallest absolute Gasteiger partial charge is 0.378 e. The van der Waals surface area contributed by atoms with Crippen LogP contribution in [0, 0.1) is 0 Å². The maximum absolute atomic E-state index is 13.7. The van der Waals surface area contributed by atoms with E-state index in [1.54, 1.807) is 17.0 Å². The fourth-order valence-corrected chi connectivity index (χ4v) is 5.48. The van der Waals surface area contributed by atoms with Gasteiger partial charge < -0.3 is 15.0 Å². The van der Waals surface area contributed by atoms with Gasteiger partial charge in [0, 0.05) is 25.2 Å². The molecule has 0 saturated carbocycles. The molecule has 0 aromatic heterocycles. The number of carbonyl (C=O) groups excluding carboxylic acids is 1. The highest BCUT2D eigenvalue weighted by Gasteiger charge is 2.35. The Balaban J connectivity index is 1.45. The number of rotatable bonds is 6. The van der Waals surface area contributed by atoms with E-state index in [4.69, 9.17) is 4.74 Å². The van der Waals surface area contributed by atoms with E-state index in [0.29, 0.717) is 32.0 Å². The fourth-order valence-electron chi connectivity index (χ4n) is 4.19. The number of carbonyl (C=O) groups is 1. The number of hydrogen-bond donors (Lipinski definition) is 1. The van der Waals surface area contributed by atoms with Crippen LogP contribution in [0.1, 0.15) is 29.5 Å². The molecule has 10 heteroatoms. The summed E-state index contributed by atoms with van der Waals surface area (Å²) in [7, 11) is -3.73. The third-order valence-electron chi connectivity index (χ3n) is 5.99. The molecule has 1 aliphatic carbocycles. The molecule has 1 aliphatic heterocycles. The second-order valence-corrected chi connectivity index (χ2v) is 10.3. The van der Waals surface area contributed by atoms with Crippen molar-refractivity contribution in [2.75, 3.05) is 42.3 Å². The van der Waals surface area contributed by atoms with Crippen LogP contribution in [-0.2, 0) is 38.4 Å². The number of aryl methyl sites for hydroxylation is 2. The third-order valence-corrected chi connectivity index (χ3v) is 7.70. The molecule has 2 aromatic rings. The van der Waals surface area contributed by atoms with Crippen molar-refractivity contribution in [2.24, 2.45) is 0 Å². The summed E-state index contributed by atoms with van der Waals surface area (Å²) in [5.74, 6) is -1.27. The zero-order valence-electron chi connectivity index (χ0n) is 18.0. The highest BCUT2D eigenvalue weighted by Crippen LogP contribution is 2.37. The SMILES string of the molecule is O=C(CCS(=O)(=O)c1ccc2c(c1)CCC2)Nc1ccc(N2CCOCC2)cc1C(F)(F)F. The second-order valence-electron chi connectivity index (χ2n) is 8.23. The van der Waals surface area contributed by atoms with E-state index >= 15 is 0 Å². The van der Waals surface area contributed by atoms with Crippen molar-refractivity contribution in [2.45, 2.75) is 36.8 Å². The van der Waals surface area contributed by atoms with Crippen LogP contribution in [0.3, 0.4) is 0 Å². The van der Waals surface area contributed by atoms with E-state index in [2.05, 4.69) is 5.32 Å². The fraction of sp³-hybridized carbons (Fsp3) is 0.435. The van der Waals surface area contributed by atoms with Crippen molar-refractivity contribution in [3.8, 4) is 0 Å². The van der Waals surface area contributed by atoms with Crippen molar-refractivity contribution < 1.29 is 31.1 Å². The quantitative estimate of drug-likeness (QED) is 0.677. The average molecular weight is 483 g/mol. The highest BCUT2D eigenvalue weighted by atomic mass is 32.2. The van der Waals surface area contributed by atoms with Gasteiger partial charge in [0.05, 0.1) is 35.1 Å². The maximum Gasteiger partial charge on any atom is 0.418 e. The molecule has 6 nitrogen and oxygen atoms in total. The van der Waals surface area contributed by atoms with E-state index in [0.717, 1.165) is 36.5 Å². The molecule has 1 fully saturated rings. The zero-order chi connectivity index (χ0) is 23.6. The summed E-state index contributed by atoms with van der Waals surface area (Å²) in [5.41, 5.74) is 1.16. The van der Waals surface area contributed by atoms with Crippen molar-refractivity contribution in [1.29, 1.82) is 0 Å². The molecule has 0 spiro atoms. The third kappa shape index (κ3) is 5.50. The summed E-state index contributed by atoms with van der Waals surface area (Å²) in [4.78, 5) is 14.3. The Labute approximate surface area is 190 Å². The van der Waals surface area contributed by atoms with Crippen LogP contribution >= 0.6 is 0 Å². The van der Waals surface area contributed by atoms with Gasteiger partial charge in [0.1, 0.15) is 0 Å². The lowest BCUT2D eigenvalue weighted by Gasteiger charge is -2.29. The minimum atomic E-state index is -4.68. The molecule has 2 aliphatic rings. The number of nitrogens with one attached hydrogen (secondary N) is 1. The van der Waals surface area contributed by atoms with Gasteiger partial charge in [0.25, 0.3) is 0 Å². The molecule has 0 atom stereocenters. The summed E-state index contributed by atoms with van der Waals surface area (Å²) < 4.78 is 71.5. The first kappa shape index (κ1) is 23.6. The molecular weight excluding hydrogens is 457 g/mol. The number of alkyl halides is 3. The van der Waals surface area contributed by atoms with Crippen LogP contribution in [0.25, 0.3) is 0 Å². The number of benzene rings is 2. The molecule has 0 radical (unpaired) electrons. The zero-order valence-corrected chi connectivity index (χ0v) is 18.8. The van der Waals surface area contributed by atoms with Crippen LogP contribution in [0.4, 0.5) is 24.5 Å².